The molecule has 138 valence electrons. The van der Waals surface area contributed by atoms with Gasteiger partial charge in [0.2, 0.25) is 5.28 Å². The standard InChI is InChI=1S/C19H21BrClN3O2/c20-16-11-22-19(21)24-18(16)23-15-8-6-13(7-9-15)10-17(25)26-12-14-4-2-1-3-5-14/h1-5,11,13,15H,6-10,12H2,(H,22,23,24). The highest BCUT2D eigenvalue weighted by Gasteiger charge is 2.24. The Bertz CT molecular complexity index is 737. The van der Waals surface area contributed by atoms with Crippen LogP contribution in [-0.2, 0) is 16.1 Å². The minimum atomic E-state index is -0.115. The lowest BCUT2D eigenvalue weighted by Crippen LogP contribution is -2.28. The van der Waals surface area contributed by atoms with Crippen molar-refractivity contribution < 1.29 is 9.53 Å². The van der Waals surface area contributed by atoms with Gasteiger partial charge in [0.05, 0.1) is 4.47 Å². The Morgan fingerprint density at radius 1 is 1.23 bits per heavy atom. The minimum absolute atomic E-state index is 0.115. The molecule has 1 aliphatic rings. The number of anilines is 1. The van der Waals surface area contributed by atoms with Crippen molar-refractivity contribution >= 4 is 39.3 Å². The maximum Gasteiger partial charge on any atom is 0.306 e. The molecule has 1 aromatic carbocycles. The predicted molar refractivity (Wildman–Crippen MR) is 105 cm³/mol. The zero-order valence-electron chi connectivity index (χ0n) is 14.3. The third kappa shape index (κ3) is 5.68. The molecule has 2 aromatic rings. The normalized spacial score (nSPS) is 19.8. The Labute approximate surface area is 166 Å². The van der Waals surface area contributed by atoms with Gasteiger partial charge >= 0.3 is 5.97 Å². The number of ether oxygens (including phenoxy) is 1. The van der Waals surface area contributed by atoms with E-state index in [4.69, 9.17) is 16.3 Å². The molecule has 1 saturated carbocycles. The van der Waals surface area contributed by atoms with Gasteiger partial charge in [-0.25, -0.2) is 4.98 Å². The number of nitrogens with one attached hydrogen (secondary N) is 1. The number of benzene rings is 1. The molecule has 0 unspecified atom stereocenters. The summed E-state index contributed by atoms with van der Waals surface area (Å²) in [5, 5.41) is 3.64. The summed E-state index contributed by atoms with van der Waals surface area (Å²) in [5.41, 5.74) is 1.02. The van der Waals surface area contributed by atoms with Crippen LogP contribution in [-0.4, -0.2) is 22.0 Å². The van der Waals surface area contributed by atoms with E-state index >= 15 is 0 Å². The van der Waals surface area contributed by atoms with Crippen molar-refractivity contribution in [3.8, 4) is 0 Å². The number of hydrogen-bond donors (Lipinski definition) is 1. The molecular formula is C19H21BrClN3O2. The fourth-order valence-corrected chi connectivity index (χ4v) is 3.62. The fourth-order valence-electron chi connectivity index (χ4n) is 3.18. The van der Waals surface area contributed by atoms with Crippen LogP contribution in [0.4, 0.5) is 5.82 Å². The van der Waals surface area contributed by atoms with E-state index in [2.05, 4.69) is 31.2 Å². The van der Waals surface area contributed by atoms with Crippen LogP contribution in [0.5, 0.6) is 0 Å². The highest BCUT2D eigenvalue weighted by atomic mass is 79.9. The Morgan fingerprint density at radius 2 is 1.96 bits per heavy atom. The lowest BCUT2D eigenvalue weighted by molar-refractivity contribution is -0.146. The molecule has 0 radical (unpaired) electrons. The van der Waals surface area contributed by atoms with Gasteiger partial charge in [0.25, 0.3) is 0 Å². The molecule has 0 aliphatic heterocycles. The minimum Gasteiger partial charge on any atom is -0.461 e. The van der Waals surface area contributed by atoms with E-state index in [0.717, 1.165) is 41.5 Å². The summed E-state index contributed by atoms with van der Waals surface area (Å²) in [5.74, 6) is 0.986. The van der Waals surface area contributed by atoms with Crippen LogP contribution in [0.2, 0.25) is 5.28 Å². The zero-order valence-corrected chi connectivity index (χ0v) is 16.7. The van der Waals surface area contributed by atoms with E-state index in [1.54, 1.807) is 6.20 Å². The molecule has 1 aliphatic carbocycles. The third-order valence-corrected chi connectivity index (χ3v) is 5.36. The van der Waals surface area contributed by atoms with Crippen LogP contribution >= 0.6 is 27.5 Å². The first kappa shape index (κ1) is 19.1. The van der Waals surface area contributed by atoms with Gasteiger partial charge in [0.1, 0.15) is 12.4 Å². The molecule has 5 nitrogen and oxygen atoms in total. The predicted octanol–water partition coefficient (Wildman–Crippen LogP) is 5.00. The van der Waals surface area contributed by atoms with Gasteiger partial charge in [-0.15, -0.1) is 0 Å². The van der Waals surface area contributed by atoms with E-state index in [1.165, 1.54) is 0 Å². The fraction of sp³-hybridized carbons (Fsp3) is 0.421. The highest BCUT2D eigenvalue weighted by molar-refractivity contribution is 9.10. The van der Waals surface area contributed by atoms with Gasteiger partial charge in [0, 0.05) is 18.7 Å². The van der Waals surface area contributed by atoms with Crippen molar-refractivity contribution in [2.24, 2.45) is 5.92 Å². The summed E-state index contributed by atoms with van der Waals surface area (Å²) in [4.78, 5) is 20.2. The van der Waals surface area contributed by atoms with Crippen LogP contribution < -0.4 is 5.32 Å². The maximum absolute atomic E-state index is 12.1. The number of halogens is 2. The van der Waals surface area contributed by atoms with E-state index in [-0.39, 0.29) is 11.3 Å². The van der Waals surface area contributed by atoms with Gasteiger partial charge in [0.15, 0.2) is 0 Å². The van der Waals surface area contributed by atoms with E-state index in [0.29, 0.717) is 25.0 Å². The number of aromatic nitrogens is 2. The second-order valence-corrected chi connectivity index (χ2v) is 7.74. The van der Waals surface area contributed by atoms with E-state index in [9.17, 15) is 4.79 Å². The molecule has 0 spiro atoms. The van der Waals surface area contributed by atoms with Crippen molar-refractivity contribution in [3.63, 3.8) is 0 Å². The molecule has 7 heteroatoms. The molecule has 0 amide bonds. The Morgan fingerprint density at radius 3 is 2.69 bits per heavy atom. The SMILES string of the molecule is O=C(CC1CCC(Nc2nc(Cl)ncc2Br)CC1)OCc1ccccc1. The highest BCUT2D eigenvalue weighted by Crippen LogP contribution is 2.30. The lowest BCUT2D eigenvalue weighted by Gasteiger charge is -2.29. The number of nitrogens with zero attached hydrogens (tertiary/aromatic N) is 2. The second kappa shape index (κ2) is 9.33. The van der Waals surface area contributed by atoms with Gasteiger partial charge < -0.3 is 10.1 Å². The Balaban J connectivity index is 1.40. The summed E-state index contributed by atoms with van der Waals surface area (Å²) in [6.07, 6.45) is 6.10. The van der Waals surface area contributed by atoms with Crippen molar-refractivity contribution in [2.45, 2.75) is 44.8 Å². The number of hydrogen-bond acceptors (Lipinski definition) is 5. The topological polar surface area (TPSA) is 64.1 Å². The average Bonchev–Trinajstić information content (AvgIpc) is 2.65. The molecule has 26 heavy (non-hydrogen) atoms. The second-order valence-electron chi connectivity index (χ2n) is 6.55. The summed E-state index contributed by atoms with van der Waals surface area (Å²) >= 11 is 9.29. The van der Waals surface area contributed by atoms with Crippen LogP contribution in [0.15, 0.2) is 41.0 Å². The van der Waals surface area contributed by atoms with E-state index in [1.807, 2.05) is 30.3 Å². The summed E-state index contributed by atoms with van der Waals surface area (Å²) in [6.45, 7) is 0.346. The zero-order chi connectivity index (χ0) is 18.4. The van der Waals surface area contributed by atoms with Crippen LogP contribution in [0.3, 0.4) is 0 Å². The van der Waals surface area contributed by atoms with Crippen molar-refractivity contribution in [1.82, 2.24) is 9.97 Å². The molecule has 3 rings (SSSR count). The third-order valence-electron chi connectivity index (χ3n) is 4.60. The van der Waals surface area contributed by atoms with E-state index < -0.39 is 0 Å². The molecule has 0 bridgehead atoms. The van der Waals surface area contributed by atoms with Crippen molar-refractivity contribution in [1.29, 1.82) is 0 Å². The van der Waals surface area contributed by atoms with Crippen molar-refractivity contribution in [3.05, 3.63) is 51.8 Å². The van der Waals surface area contributed by atoms with Crippen LogP contribution in [0.25, 0.3) is 0 Å². The molecule has 1 aromatic heterocycles. The van der Waals surface area contributed by atoms with Crippen LogP contribution in [0, 0.1) is 5.92 Å². The smallest absolute Gasteiger partial charge is 0.306 e. The van der Waals surface area contributed by atoms with Gasteiger partial charge in [-0.2, -0.15) is 4.98 Å². The molecule has 0 saturated heterocycles. The Kier molecular flexibility index (Phi) is 6.86. The number of carbonyl (C=O) groups is 1. The largest absolute Gasteiger partial charge is 0.461 e. The Hall–Kier alpha value is -1.66. The van der Waals surface area contributed by atoms with Gasteiger partial charge in [-0.05, 0) is 64.7 Å². The average molecular weight is 439 g/mol. The number of carbonyl (C=O) groups excluding carboxylic acids is 1. The van der Waals surface area contributed by atoms with Crippen LogP contribution in [0.1, 0.15) is 37.7 Å². The summed E-state index contributed by atoms with van der Waals surface area (Å²) in [6, 6.07) is 10.1. The molecule has 1 heterocycles. The van der Waals surface area contributed by atoms with Crippen molar-refractivity contribution in [2.75, 3.05) is 5.32 Å². The molecular weight excluding hydrogens is 418 g/mol. The quantitative estimate of drug-likeness (QED) is 0.508. The van der Waals surface area contributed by atoms with Gasteiger partial charge in [-0.3, -0.25) is 4.79 Å². The molecule has 0 atom stereocenters. The molecule has 1 N–H and O–H groups in total. The maximum atomic E-state index is 12.1. The number of rotatable bonds is 6. The lowest BCUT2D eigenvalue weighted by atomic mass is 9.84. The summed E-state index contributed by atoms with van der Waals surface area (Å²) < 4.78 is 6.19. The first-order chi connectivity index (χ1) is 12.6. The monoisotopic (exact) mass is 437 g/mol. The first-order valence-corrected chi connectivity index (χ1v) is 9.91. The molecule has 1 fully saturated rings. The summed E-state index contributed by atoms with van der Waals surface area (Å²) in [7, 11) is 0. The number of esters is 1. The van der Waals surface area contributed by atoms with Gasteiger partial charge in [-0.1, -0.05) is 30.3 Å². The first-order valence-electron chi connectivity index (χ1n) is 8.74.